The van der Waals surface area contributed by atoms with Crippen molar-refractivity contribution in [3.05, 3.63) is 0 Å². The van der Waals surface area contributed by atoms with E-state index in [-0.39, 0.29) is 5.54 Å². The molecule has 0 saturated heterocycles. The van der Waals surface area contributed by atoms with Gasteiger partial charge in [-0.25, -0.2) is 0 Å². The van der Waals surface area contributed by atoms with E-state index in [1.54, 1.807) is 0 Å². The van der Waals surface area contributed by atoms with Gasteiger partial charge in [0, 0.05) is 19.6 Å². The van der Waals surface area contributed by atoms with E-state index in [1.165, 1.54) is 6.42 Å². The third-order valence-corrected chi connectivity index (χ3v) is 2.99. The minimum Gasteiger partial charge on any atom is -0.250 e. The van der Waals surface area contributed by atoms with Gasteiger partial charge < -0.3 is 0 Å². The van der Waals surface area contributed by atoms with Crippen LogP contribution >= 0.6 is 0 Å². The maximum atomic E-state index is 3.46. The molecule has 2 heteroatoms. The Kier molecular flexibility index (Phi) is 8.33. The zero-order valence-corrected chi connectivity index (χ0v) is 13.2. The zero-order valence-electron chi connectivity index (χ0n) is 13.2. The average molecular weight is 230 g/mol. The Balaban J connectivity index is 0. The Hall–Kier alpha value is -0.0800. The summed E-state index contributed by atoms with van der Waals surface area (Å²) in [7, 11) is 4.09. The first-order chi connectivity index (χ1) is 7.07. The summed E-state index contributed by atoms with van der Waals surface area (Å²) in [6.45, 7) is 17.8. The van der Waals surface area contributed by atoms with E-state index >= 15 is 0 Å². The molecule has 0 aromatic heterocycles. The fraction of sp³-hybridized carbons (Fsp3) is 1.00. The van der Waals surface area contributed by atoms with Crippen LogP contribution in [0.5, 0.6) is 0 Å². The largest absolute Gasteiger partial charge is 0.250 e. The number of rotatable bonds is 5. The second-order valence-corrected chi connectivity index (χ2v) is 6.21. The molecule has 0 aliphatic rings. The summed E-state index contributed by atoms with van der Waals surface area (Å²) in [4.78, 5) is 0. The predicted octanol–water partition coefficient (Wildman–Crippen LogP) is 3.93. The van der Waals surface area contributed by atoms with Crippen LogP contribution in [0, 0.1) is 11.3 Å². The Morgan fingerprint density at radius 2 is 1.38 bits per heavy atom. The molecule has 2 nitrogen and oxygen atoms in total. The second kappa shape index (κ2) is 7.29. The summed E-state index contributed by atoms with van der Waals surface area (Å²) in [5.41, 5.74) is 4.01. The van der Waals surface area contributed by atoms with Crippen molar-refractivity contribution in [3.8, 4) is 0 Å². The van der Waals surface area contributed by atoms with Crippen LogP contribution in [0.2, 0.25) is 0 Å². The van der Waals surface area contributed by atoms with E-state index in [9.17, 15) is 0 Å². The molecule has 0 fully saturated rings. The highest BCUT2D eigenvalue weighted by atomic mass is 15.5. The quantitative estimate of drug-likeness (QED) is 0.720. The average Bonchev–Trinajstić information content (AvgIpc) is 2.02. The van der Waals surface area contributed by atoms with Gasteiger partial charge in [0.1, 0.15) is 0 Å². The van der Waals surface area contributed by atoms with E-state index in [1.807, 2.05) is 33.0 Å². The van der Waals surface area contributed by atoms with Crippen LogP contribution in [0.25, 0.3) is 0 Å². The molecule has 0 amide bonds. The van der Waals surface area contributed by atoms with Crippen molar-refractivity contribution in [2.24, 2.45) is 11.3 Å². The third kappa shape index (κ3) is 8.12. The van der Waals surface area contributed by atoms with Crippen LogP contribution in [0.4, 0.5) is 0 Å². The molecule has 0 radical (unpaired) electrons. The van der Waals surface area contributed by atoms with E-state index in [0.29, 0.717) is 11.3 Å². The third-order valence-electron chi connectivity index (χ3n) is 2.99. The Bertz CT molecular complexity index is 170. The first kappa shape index (κ1) is 18.3. The summed E-state index contributed by atoms with van der Waals surface area (Å²) in [6, 6.07) is 0. The first-order valence-electron chi connectivity index (χ1n) is 6.52. The van der Waals surface area contributed by atoms with Crippen LogP contribution < -0.4 is 5.43 Å². The summed E-state index contributed by atoms with van der Waals surface area (Å²) in [5.74, 6) is 0.714. The van der Waals surface area contributed by atoms with E-state index in [2.05, 4.69) is 47.0 Å². The van der Waals surface area contributed by atoms with Crippen LogP contribution in [-0.2, 0) is 0 Å². The maximum Gasteiger partial charge on any atom is 0.0274 e. The Morgan fingerprint density at radius 1 is 1.00 bits per heavy atom. The molecule has 0 spiro atoms. The van der Waals surface area contributed by atoms with Gasteiger partial charge in [-0.1, -0.05) is 41.5 Å². The standard InChI is InChI=1S/C12H28N2.C2H6/c1-10(2)11(3,4)9-12(5,6)13-14(7)8;1-2/h10,13H,9H2,1-8H3;1-2H3. The fourth-order valence-electron chi connectivity index (χ4n) is 1.99. The fourth-order valence-corrected chi connectivity index (χ4v) is 1.99. The van der Waals surface area contributed by atoms with Gasteiger partial charge in [-0.3, -0.25) is 10.4 Å². The Morgan fingerprint density at radius 3 is 1.62 bits per heavy atom. The number of hydrazine groups is 1. The number of hydrogen-bond donors (Lipinski definition) is 1. The number of nitrogens with zero attached hydrogens (tertiary/aromatic N) is 1. The lowest BCUT2D eigenvalue weighted by atomic mass is 9.73. The molecule has 0 bridgehead atoms. The van der Waals surface area contributed by atoms with Gasteiger partial charge in [-0.15, -0.1) is 0 Å². The van der Waals surface area contributed by atoms with Crippen LogP contribution in [-0.4, -0.2) is 24.6 Å². The van der Waals surface area contributed by atoms with Gasteiger partial charge in [-0.2, -0.15) is 0 Å². The molecule has 0 aliphatic carbocycles. The van der Waals surface area contributed by atoms with Gasteiger partial charge in [-0.05, 0) is 31.6 Å². The maximum absolute atomic E-state index is 3.46. The molecule has 0 heterocycles. The van der Waals surface area contributed by atoms with E-state index in [0.717, 1.165) is 0 Å². The molecule has 0 rings (SSSR count). The first-order valence-corrected chi connectivity index (χ1v) is 6.52. The van der Waals surface area contributed by atoms with Gasteiger partial charge in [0.25, 0.3) is 0 Å². The number of hydrogen-bond acceptors (Lipinski definition) is 2. The molecule has 0 aliphatic heterocycles. The molecule has 100 valence electrons. The normalized spacial score (nSPS) is 12.8. The highest BCUT2D eigenvalue weighted by molar-refractivity contribution is 4.85. The summed E-state index contributed by atoms with van der Waals surface area (Å²) in [5, 5.41) is 2.04. The molecule has 0 saturated carbocycles. The lowest BCUT2D eigenvalue weighted by Crippen LogP contribution is -2.50. The zero-order chi connectivity index (χ0) is 13.6. The monoisotopic (exact) mass is 230 g/mol. The summed E-state index contributed by atoms with van der Waals surface area (Å²) < 4.78 is 0. The summed E-state index contributed by atoms with van der Waals surface area (Å²) in [6.07, 6.45) is 1.18. The molecule has 0 aromatic carbocycles. The van der Waals surface area contributed by atoms with Crippen molar-refractivity contribution < 1.29 is 0 Å². The molecule has 16 heavy (non-hydrogen) atoms. The highest BCUT2D eigenvalue weighted by Gasteiger charge is 2.31. The minimum atomic E-state index is 0.164. The second-order valence-electron chi connectivity index (χ2n) is 6.21. The van der Waals surface area contributed by atoms with Gasteiger partial charge in [0.05, 0.1) is 0 Å². The molecule has 0 aromatic rings. The van der Waals surface area contributed by atoms with Crippen molar-refractivity contribution in [1.29, 1.82) is 0 Å². The van der Waals surface area contributed by atoms with Crippen molar-refractivity contribution in [1.82, 2.24) is 10.4 Å². The molecule has 1 N–H and O–H groups in total. The Labute approximate surface area is 104 Å². The SMILES string of the molecule is CC.CC(C)C(C)(C)CC(C)(C)NN(C)C. The highest BCUT2D eigenvalue weighted by Crippen LogP contribution is 2.34. The topological polar surface area (TPSA) is 15.3 Å². The van der Waals surface area contributed by atoms with Gasteiger partial charge in [0.15, 0.2) is 0 Å². The van der Waals surface area contributed by atoms with Crippen LogP contribution in [0.3, 0.4) is 0 Å². The number of nitrogens with one attached hydrogen (secondary N) is 1. The lowest BCUT2D eigenvalue weighted by Gasteiger charge is -2.39. The van der Waals surface area contributed by atoms with Crippen molar-refractivity contribution in [3.63, 3.8) is 0 Å². The minimum absolute atomic E-state index is 0.164. The van der Waals surface area contributed by atoms with Crippen LogP contribution in [0.1, 0.15) is 61.8 Å². The molecule has 0 atom stereocenters. The van der Waals surface area contributed by atoms with Gasteiger partial charge in [0.2, 0.25) is 0 Å². The van der Waals surface area contributed by atoms with Crippen molar-refractivity contribution in [2.75, 3.05) is 14.1 Å². The van der Waals surface area contributed by atoms with Gasteiger partial charge >= 0.3 is 0 Å². The van der Waals surface area contributed by atoms with Crippen LogP contribution in [0.15, 0.2) is 0 Å². The van der Waals surface area contributed by atoms with E-state index in [4.69, 9.17) is 0 Å². The smallest absolute Gasteiger partial charge is 0.0274 e. The van der Waals surface area contributed by atoms with E-state index < -0.39 is 0 Å². The molecular weight excluding hydrogens is 196 g/mol. The van der Waals surface area contributed by atoms with Crippen molar-refractivity contribution >= 4 is 0 Å². The molecule has 0 unspecified atom stereocenters. The summed E-state index contributed by atoms with van der Waals surface area (Å²) >= 11 is 0. The lowest BCUT2D eigenvalue weighted by molar-refractivity contribution is 0.105. The molecular formula is C14H34N2. The van der Waals surface area contributed by atoms with Crippen molar-refractivity contribution in [2.45, 2.75) is 67.3 Å². The predicted molar refractivity (Wildman–Crippen MR) is 75.5 cm³/mol.